The predicted octanol–water partition coefficient (Wildman–Crippen LogP) is 2.51. The molecule has 0 spiro atoms. The lowest BCUT2D eigenvalue weighted by Crippen LogP contribution is -2.49. The summed E-state index contributed by atoms with van der Waals surface area (Å²) in [6.07, 6.45) is 3.62. The number of carbonyl (C=O) groups is 1. The summed E-state index contributed by atoms with van der Waals surface area (Å²) in [5.41, 5.74) is 1.11. The molecule has 2 rings (SSSR count). The third-order valence-electron chi connectivity index (χ3n) is 3.26. The van der Waals surface area contributed by atoms with Gasteiger partial charge in [-0.05, 0) is 11.6 Å². The van der Waals surface area contributed by atoms with E-state index in [4.69, 9.17) is 0 Å². The summed E-state index contributed by atoms with van der Waals surface area (Å²) in [6.45, 7) is 8.85. The van der Waals surface area contributed by atoms with Crippen LogP contribution >= 0.6 is 24.2 Å². The van der Waals surface area contributed by atoms with Gasteiger partial charge in [0, 0.05) is 36.8 Å². The number of hydrogen-bond acceptors (Lipinski definition) is 4. The minimum atomic E-state index is 0. The lowest BCUT2D eigenvalue weighted by molar-refractivity contribution is -0.131. The van der Waals surface area contributed by atoms with E-state index in [0.29, 0.717) is 5.75 Å². The molecule has 1 aliphatic heterocycles. The Morgan fingerprint density at radius 1 is 1.52 bits per heavy atom. The molecule has 0 aliphatic carbocycles. The SMILES string of the molecule is CC(C)(C)SCC(=O)N1CCNCC1c1cccnc1.Cl. The first-order valence-electron chi connectivity index (χ1n) is 7.01. The van der Waals surface area contributed by atoms with Crippen LogP contribution in [0.25, 0.3) is 0 Å². The van der Waals surface area contributed by atoms with E-state index in [1.807, 2.05) is 23.2 Å². The molecule has 1 saturated heterocycles. The van der Waals surface area contributed by atoms with Crippen LogP contribution in [0.5, 0.6) is 0 Å². The number of piperazine rings is 1. The molecule has 1 aliphatic rings. The van der Waals surface area contributed by atoms with Crippen molar-refractivity contribution in [1.82, 2.24) is 15.2 Å². The maximum Gasteiger partial charge on any atom is 0.233 e. The van der Waals surface area contributed by atoms with Crippen molar-refractivity contribution in [3.8, 4) is 0 Å². The van der Waals surface area contributed by atoms with Crippen molar-refractivity contribution >= 4 is 30.1 Å². The van der Waals surface area contributed by atoms with Crippen molar-refractivity contribution in [3.63, 3.8) is 0 Å². The minimum Gasteiger partial charge on any atom is -0.332 e. The minimum absolute atomic E-state index is 0. The number of carbonyl (C=O) groups excluding carboxylic acids is 1. The molecule has 0 aromatic carbocycles. The van der Waals surface area contributed by atoms with E-state index in [9.17, 15) is 4.79 Å². The lowest BCUT2D eigenvalue weighted by Gasteiger charge is -2.36. The highest BCUT2D eigenvalue weighted by atomic mass is 35.5. The van der Waals surface area contributed by atoms with E-state index in [1.165, 1.54) is 0 Å². The molecule has 1 unspecified atom stereocenters. The van der Waals surface area contributed by atoms with Crippen LogP contribution in [0.2, 0.25) is 0 Å². The quantitative estimate of drug-likeness (QED) is 0.925. The number of pyridine rings is 1. The number of thioether (sulfide) groups is 1. The summed E-state index contributed by atoms with van der Waals surface area (Å²) in [5.74, 6) is 0.764. The number of aromatic nitrogens is 1. The Balaban J connectivity index is 0.00000220. The zero-order valence-corrected chi connectivity index (χ0v) is 14.5. The molecule has 0 bridgehead atoms. The average Bonchev–Trinajstić information content (AvgIpc) is 2.45. The lowest BCUT2D eigenvalue weighted by atomic mass is 10.1. The zero-order valence-electron chi connectivity index (χ0n) is 12.8. The van der Waals surface area contributed by atoms with Crippen molar-refractivity contribution in [2.75, 3.05) is 25.4 Å². The third-order valence-corrected chi connectivity index (χ3v) is 4.52. The molecule has 21 heavy (non-hydrogen) atoms. The summed E-state index contributed by atoms with van der Waals surface area (Å²) in [5, 5.41) is 3.36. The molecule has 118 valence electrons. The van der Waals surface area contributed by atoms with Gasteiger partial charge in [-0.15, -0.1) is 24.2 Å². The van der Waals surface area contributed by atoms with Gasteiger partial charge in [0.25, 0.3) is 0 Å². The Morgan fingerprint density at radius 2 is 2.29 bits per heavy atom. The van der Waals surface area contributed by atoms with Crippen LogP contribution in [0.3, 0.4) is 0 Å². The smallest absolute Gasteiger partial charge is 0.233 e. The van der Waals surface area contributed by atoms with Gasteiger partial charge < -0.3 is 10.2 Å². The average molecular weight is 330 g/mol. The van der Waals surface area contributed by atoms with E-state index in [2.05, 4.69) is 31.1 Å². The fraction of sp³-hybridized carbons (Fsp3) is 0.600. The van der Waals surface area contributed by atoms with Gasteiger partial charge in [-0.25, -0.2) is 0 Å². The van der Waals surface area contributed by atoms with Crippen molar-refractivity contribution in [2.24, 2.45) is 0 Å². The molecule has 1 aromatic heterocycles. The Kier molecular flexibility index (Phi) is 6.97. The van der Waals surface area contributed by atoms with Crippen molar-refractivity contribution < 1.29 is 4.79 Å². The van der Waals surface area contributed by atoms with Crippen LogP contribution in [0.15, 0.2) is 24.5 Å². The highest BCUT2D eigenvalue weighted by molar-refractivity contribution is 8.01. The second kappa shape index (κ2) is 8.01. The summed E-state index contributed by atoms with van der Waals surface area (Å²) >= 11 is 1.71. The van der Waals surface area contributed by atoms with Gasteiger partial charge in [-0.1, -0.05) is 26.8 Å². The maximum atomic E-state index is 12.5. The Bertz CT molecular complexity index is 450. The van der Waals surface area contributed by atoms with E-state index in [1.54, 1.807) is 18.0 Å². The Morgan fingerprint density at radius 3 is 2.90 bits per heavy atom. The highest BCUT2D eigenvalue weighted by Crippen LogP contribution is 2.26. The van der Waals surface area contributed by atoms with Gasteiger partial charge in [0.2, 0.25) is 5.91 Å². The normalized spacial score (nSPS) is 19.0. The molecular weight excluding hydrogens is 306 g/mol. The standard InChI is InChI=1S/C15H23N3OS.ClH/c1-15(2,3)20-11-14(19)18-8-7-17-10-13(18)12-5-4-6-16-9-12;/h4-6,9,13,17H,7-8,10-11H2,1-3H3;1H. The van der Waals surface area contributed by atoms with E-state index < -0.39 is 0 Å². The number of amides is 1. The van der Waals surface area contributed by atoms with E-state index in [0.717, 1.165) is 25.2 Å². The van der Waals surface area contributed by atoms with Crippen LogP contribution in [0.1, 0.15) is 32.4 Å². The predicted molar refractivity (Wildman–Crippen MR) is 91.0 cm³/mol. The zero-order chi connectivity index (χ0) is 14.6. The summed E-state index contributed by atoms with van der Waals surface area (Å²) < 4.78 is 0.119. The molecule has 0 saturated carbocycles. The molecule has 4 nitrogen and oxygen atoms in total. The monoisotopic (exact) mass is 329 g/mol. The molecule has 1 N–H and O–H groups in total. The summed E-state index contributed by atoms with van der Waals surface area (Å²) in [7, 11) is 0. The van der Waals surface area contributed by atoms with Gasteiger partial charge in [0.15, 0.2) is 0 Å². The molecule has 6 heteroatoms. The first-order chi connectivity index (χ1) is 9.47. The molecule has 1 fully saturated rings. The number of nitrogens with one attached hydrogen (secondary N) is 1. The Hall–Kier alpha value is -0.780. The van der Waals surface area contributed by atoms with Crippen LogP contribution in [-0.2, 0) is 4.79 Å². The topological polar surface area (TPSA) is 45.2 Å². The number of nitrogens with zero attached hydrogens (tertiary/aromatic N) is 2. The fourth-order valence-electron chi connectivity index (χ4n) is 2.23. The van der Waals surface area contributed by atoms with Gasteiger partial charge in [0.1, 0.15) is 0 Å². The summed E-state index contributed by atoms with van der Waals surface area (Å²) in [6, 6.07) is 4.07. The second-order valence-corrected chi connectivity index (χ2v) is 7.80. The van der Waals surface area contributed by atoms with Gasteiger partial charge in [-0.3, -0.25) is 9.78 Å². The number of rotatable bonds is 3. The molecule has 1 amide bonds. The molecule has 0 radical (unpaired) electrons. The summed E-state index contributed by atoms with van der Waals surface area (Å²) in [4.78, 5) is 18.6. The largest absolute Gasteiger partial charge is 0.332 e. The molecular formula is C15H24ClN3OS. The van der Waals surface area contributed by atoms with Crippen LogP contribution < -0.4 is 5.32 Å². The van der Waals surface area contributed by atoms with E-state index >= 15 is 0 Å². The van der Waals surface area contributed by atoms with Crippen molar-refractivity contribution in [1.29, 1.82) is 0 Å². The first kappa shape index (κ1) is 18.3. The second-order valence-electron chi connectivity index (χ2n) is 5.99. The molecule has 2 heterocycles. The third kappa shape index (κ3) is 5.49. The molecule has 1 aromatic rings. The van der Waals surface area contributed by atoms with Crippen LogP contribution in [0.4, 0.5) is 0 Å². The van der Waals surface area contributed by atoms with E-state index in [-0.39, 0.29) is 29.1 Å². The molecule has 1 atom stereocenters. The van der Waals surface area contributed by atoms with Gasteiger partial charge >= 0.3 is 0 Å². The fourth-order valence-corrected chi connectivity index (χ4v) is 2.96. The maximum absolute atomic E-state index is 12.5. The van der Waals surface area contributed by atoms with Crippen molar-refractivity contribution in [3.05, 3.63) is 30.1 Å². The number of halogens is 1. The van der Waals surface area contributed by atoms with Crippen LogP contribution in [-0.4, -0.2) is 45.9 Å². The highest BCUT2D eigenvalue weighted by Gasteiger charge is 2.28. The van der Waals surface area contributed by atoms with Gasteiger partial charge in [0.05, 0.1) is 11.8 Å². The first-order valence-corrected chi connectivity index (χ1v) is 8.00. The van der Waals surface area contributed by atoms with Crippen LogP contribution in [0, 0.1) is 0 Å². The van der Waals surface area contributed by atoms with Crippen molar-refractivity contribution in [2.45, 2.75) is 31.6 Å². The van der Waals surface area contributed by atoms with Gasteiger partial charge in [-0.2, -0.15) is 0 Å². The number of hydrogen-bond donors (Lipinski definition) is 1. The Labute approximate surface area is 137 Å².